The van der Waals surface area contributed by atoms with E-state index in [9.17, 15) is 0 Å². The summed E-state index contributed by atoms with van der Waals surface area (Å²) in [5, 5.41) is 0. The van der Waals surface area contributed by atoms with E-state index < -0.39 is 0 Å². The third-order valence-corrected chi connectivity index (χ3v) is 5.64. The highest BCUT2D eigenvalue weighted by Gasteiger charge is 2.33. The van der Waals surface area contributed by atoms with Gasteiger partial charge in [0.1, 0.15) is 12.2 Å². The van der Waals surface area contributed by atoms with Gasteiger partial charge in [-0.05, 0) is 12.8 Å². The van der Waals surface area contributed by atoms with Crippen LogP contribution in [0.5, 0.6) is 0 Å². The predicted octanol–water partition coefficient (Wildman–Crippen LogP) is 4.11. The zero-order chi connectivity index (χ0) is 16.5. The molecule has 2 aliphatic heterocycles. The summed E-state index contributed by atoms with van der Waals surface area (Å²) in [5.74, 6) is 0. The first-order valence-electron chi connectivity index (χ1n) is 10.3. The molecule has 1 aliphatic carbocycles. The van der Waals surface area contributed by atoms with Gasteiger partial charge in [-0.2, -0.15) is 0 Å². The van der Waals surface area contributed by atoms with Crippen LogP contribution >= 0.6 is 0 Å². The van der Waals surface area contributed by atoms with Crippen LogP contribution in [0.3, 0.4) is 0 Å². The fourth-order valence-corrected chi connectivity index (χ4v) is 3.84. The van der Waals surface area contributed by atoms with E-state index in [0.717, 1.165) is 39.6 Å². The molecule has 0 aromatic carbocycles. The summed E-state index contributed by atoms with van der Waals surface area (Å²) in [4.78, 5) is 0. The minimum atomic E-state index is 0.197. The number of rotatable bonds is 8. The third-order valence-electron chi connectivity index (χ3n) is 5.64. The van der Waals surface area contributed by atoms with Crippen LogP contribution in [-0.2, 0) is 18.9 Å². The third kappa shape index (κ3) is 7.38. The highest BCUT2D eigenvalue weighted by molar-refractivity contribution is 4.81. The Kier molecular flexibility index (Phi) is 7.84. The average Bonchev–Trinajstić information content (AvgIpc) is 3.45. The lowest BCUT2D eigenvalue weighted by molar-refractivity contribution is -0.0401. The monoisotopic (exact) mass is 340 g/mol. The molecule has 2 heterocycles. The SMILES string of the molecule is C1CCCCCC(COCC2CO2)(COCC2CO2)CCCCC1. The maximum atomic E-state index is 6.06. The largest absolute Gasteiger partial charge is 0.378 e. The van der Waals surface area contributed by atoms with Crippen molar-refractivity contribution in [3.63, 3.8) is 0 Å². The molecule has 1 saturated carbocycles. The van der Waals surface area contributed by atoms with Crippen molar-refractivity contribution in [3.05, 3.63) is 0 Å². The van der Waals surface area contributed by atoms with Crippen molar-refractivity contribution in [1.29, 1.82) is 0 Å². The zero-order valence-electron chi connectivity index (χ0n) is 15.3. The Morgan fingerprint density at radius 3 is 1.38 bits per heavy atom. The predicted molar refractivity (Wildman–Crippen MR) is 94.3 cm³/mol. The van der Waals surface area contributed by atoms with Crippen molar-refractivity contribution in [3.8, 4) is 0 Å². The Labute approximate surface area is 147 Å². The fourth-order valence-electron chi connectivity index (χ4n) is 3.84. The number of ether oxygens (including phenoxy) is 4. The highest BCUT2D eigenvalue weighted by Crippen LogP contribution is 2.34. The molecule has 0 N–H and O–H groups in total. The van der Waals surface area contributed by atoms with Crippen LogP contribution in [0.2, 0.25) is 0 Å². The van der Waals surface area contributed by atoms with Crippen LogP contribution in [0.4, 0.5) is 0 Å². The molecular weight excluding hydrogens is 304 g/mol. The Bertz CT molecular complexity index is 307. The second-order valence-electron chi connectivity index (χ2n) is 8.12. The molecule has 0 aromatic heterocycles. The Hall–Kier alpha value is -0.160. The molecule has 0 aromatic rings. The standard InChI is InChI=1S/C20H36O4/c1-2-4-6-8-10-20(11-9-7-5-3-1,16-21-12-18-14-23-18)17-22-13-19-15-24-19/h18-19H,1-17H2. The van der Waals surface area contributed by atoms with Crippen LogP contribution in [-0.4, -0.2) is 51.8 Å². The van der Waals surface area contributed by atoms with E-state index in [-0.39, 0.29) is 5.41 Å². The van der Waals surface area contributed by atoms with E-state index in [1.807, 2.05) is 0 Å². The zero-order valence-corrected chi connectivity index (χ0v) is 15.3. The molecule has 3 rings (SSSR count). The van der Waals surface area contributed by atoms with Crippen LogP contribution in [0, 0.1) is 5.41 Å². The van der Waals surface area contributed by atoms with Gasteiger partial charge >= 0.3 is 0 Å². The van der Waals surface area contributed by atoms with Gasteiger partial charge in [0, 0.05) is 5.41 Å². The summed E-state index contributed by atoms with van der Waals surface area (Å²) in [6.07, 6.45) is 15.6. The van der Waals surface area contributed by atoms with Crippen molar-refractivity contribution < 1.29 is 18.9 Å². The lowest BCUT2D eigenvalue weighted by Gasteiger charge is -2.34. The summed E-state index contributed by atoms with van der Waals surface area (Å²) in [7, 11) is 0. The first-order chi connectivity index (χ1) is 11.9. The van der Waals surface area contributed by atoms with E-state index >= 15 is 0 Å². The van der Waals surface area contributed by atoms with Gasteiger partial charge in [-0.1, -0.05) is 57.8 Å². The first kappa shape index (κ1) is 18.6. The van der Waals surface area contributed by atoms with Crippen molar-refractivity contribution in [2.45, 2.75) is 82.8 Å². The van der Waals surface area contributed by atoms with Gasteiger partial charge in [-0.15, -0.1) is 0 Å². The topological polar surface area (TPSA) is 43.5 Å². The number of hydrogen-bond donors (Lipinski definition) is 0. The van der Waals surface area contributed by atoms with Crippen LogP contribution < -0.4 is 0 Å². The lowest BCUT2D eigenvalue weighted by Crippen LogP contribution is -2.34. The highest BCUT2D eigenvalue weighted by atomic mass is 16.6. The maximum absolute atomic E-state index is 6.06. The molecule has 2 saturated heterocycles. The van der Waals surface area contributed by atoms with Gasteiger partial charge in [0.15, 0.2) is 0 Å². The molecule has 4 nitrogen and oxygen atoms in total. The van der Waals surface area contributed by atoms with Gasteiger partial charge in [-0.3, -0.25) is 0 Å². The summed E-state index contributed by atoms with van der Waals surface area (Å²) >= 11 is 0. The second-order valence-corrected chi connectivity index (χ2v) is 8.12. The lowest BCUT2D eigenvalue weighted by atomic mass is 9.78. The van der Waals surface area contributed by atoms with Crippen molar-refractivity contribution in [2.24, 2.45) is 5.41 Å². The van der Waals surface area contributed by atoms with Gasteiger partial charge < -0.3 is 18.9 Å². The summed E-state index contributed by atoms with van der Waals surface area (Å²) in [5.41, 5.74) is 0.197. The molecule has 3 aliphatic rings. The smallest absolute Gasteiger partial charge is 0.104 e. The molecule has 2 atom stereocenters. The van der Waals surface area contributed by atoms with Gasteiger partial charge in [0.05, 0.1) is 39.6 Å². The molecule has 24 heavy (non-hydrogen) atoms. The molecule has 2 unspecified atom stereocenters. The Morgan fingerprint density at radius 1 is 0.625 bits per heavy atom. The fraction of sp³-hybridized carbons (Fsp3) is 1.00. The normalized spacial score (nSPS) is 31.0. The Morgan fingerprint density at radius 2 is 1.00 bits per heavy atom. The summed E-state index contributed by atoms with van der Waals surface area (Å²) < 4.78 is 22.7. The summed E-state index contributed by atoms with van der Waals surface area (Å²) in [6.45, 7) is 4.93. The van der Waals surface area contributed by atoms with Crippen molar-refractivity contribution in [2.75, 3.05) is 39.6 Å². The number of hydrogen-bond acceptors (Lipinski definition) is 4. The second kappa shape index (κ2) is 10.1. The molecule has 140 valence electrons. The molecule has 3 fully saturated rings. The van der Waals surface area contributed by atoms with Crippen LogP contribution in [0.25, 0.3) is 0 Å². The minimum absolute atomic E-state index is 0.197. The molecular formula is C20H36O4. The van der Waals surface area contributed by atoms with E-state index in [4.69, 9.17) is 18.9 Å². The van der Waals surface area contributed by atoms with Crippen molar-refractivity contribution >= 4 is 0 Å². The molecule has 0 amide bonds. The van der Waals surface area contributed by atoms with Crippen LogP contribution in [0.1, 0.15) is 70.6 Å². The first-order valence-corrected chi connectivity index (χ1v) is 10.3. The molecule has 0 radical (unpaired) electrons. The van der Waals surface area contributed by atoms with Gasteiger partial charge in [-0.25, -0.2) is 0 Å². The van der Waals surface area contributed by atoms with Crippen LogP contribution in [0.15, 0.2) is 0 Å². The van der Waals surface area contributed by atoms with Crippen molar-refractivity contribution in [1.82, 2.24) is 0 Å². The summed E-state index contributed by atoms with van der Waals surface area (Å²) in [6, 6.07) is 0. The van der Waals surface area contributed by atoms with Gasteiger partial charge in [0.25, 0.3) is 0 Å². The van der Waals surface area contributed by atoms with E-state index in [0.29, 0.717) is 12.2 Å². The van der Waals surface area contributed by atoms with Gasteiger partial charge in [0.2, 0.25) is 0 Å². The quantitative estimate of drug-likeness (QED) is 0.624. The molecule has 4 heteroatoms. The van der Waals surface area contributed by atoms with E-state index in [2.05, 4.69) is 0 Å². The minimum Gasteiger partial charge on any atom is -0.378 e. The maximum Gasteiger partial charge on any atom is 0.104 e. The van der Waals surface area contributed by atoms with E-state index in [1.165, 1.54) is 70.6 Å². The average molecular weight is 341 g/mol. The molecule has 0 bridgehead atoms. The van der Waals surface area contributed by atoms with E-state index in [1.54, 1.807) is 0 Å². The Balaban J connectivity index is 1.50. The number of epoxide rings is 2. The molecule has 0 spiro atoms.